The maximum atomic E-state index is 13.0. The van der Waals surface area contributed by atoms with Gasteiger partial charge in [0.2, 0.25) is 5.91 Å². The molecule has 1 saturated heterocycles. The number of rotatable bonds is 4. The summed E-state index contributed by atoms with van der Waals surface area (Å²) in [6.07, 6.45) is 0. The van der Waals surface area contributed by atoms with Gasteiger partial charge in [-0.25, -0.2) is 4.39 Å². The van der Waals surface area contributed by atoms with Gasteiger partial charge in [-0.15, -0.1) is 0 Å². The summed E-state index contributed by atoms with van der Waals surface area (Å²) in [5.41, 5.74) is -0.236. The van der Waals surface area contributed by atoms with Gasteiger partial charge in [0.15, 0.2) is 0 Å². The lowest BCUT2D eigenvalue weighted by molar-refractivity contribution is -0.139. The number of hydrogen-bond donors (Lipinski definition) is 2. The summed E-state index contributed by atoms with van der Waals surface area (Å²) in [5.74, 6) is -0.564. The van der Waals surface area contributed by atoms with Crippen LogP contribution in [0.2, 0.25) is 5.02 Å². The molecule has 0 aliphatic carbocycles. The first-order valence-electron chi connectivity index (χ1n) is 6.50. The predicted octanol–water partition coefficient (Wildman–Crippen LogP) is 2.12. The molecule has 2 rings (SSSR count). The van der Waals surface area contributed by atoms with Gasteiger partial charge < -0.3 is 10.4 Å². The fourth-order valence-corrected chi connectivity index (χ4v) is 2.36. The molecule has 0 saturated carbocycles. The van der Waals surface area contributed by atoms with Crippen molar-refractivity contribution in [1.29, 1.82) is 0 Å². The molecule has 1 aliphatic heterocycles. The van der Waals surface area contributed by atoms with Crippen molar-refractivity contribution in [2.45, 2.75) is 19.4 Å². The first kappa shape index (κ1) is 15.2. The quantitative estimate of drug-likeness (QED) is 0.895. The molecule has 0 unspecified atom stereocenters. The molecule has 0 aromatic heterocycles. The van der Waals surface area contributed by atoms with Gasteiger partial charge in [-0.3, -0.25) is 9.69 Å². The van der Waals surface area contributed by atoms with Gasteiger partial charge in [-0.1, -0.05) is 25.4 Å². The zero-order valence-corrected chi connectivity index (χ0v) is 12.2. The summed E-state index contributed by atoms with van der Waals surface area (Å²) in [7, 11) is 0. The van der Waals surface area contributed by atoms with Crippen molar-refractivity contribution < 1.29 is 14.3 Å². The van der Waals surface area contributed by atoms with Crippen molar-refractivity contribution in [3.8, 4) is 0 Å². The molecule has 1 aromatic carbocycles. The van der Waals surface area contributed by atoms with Gasteiger partial charge in [0.25, 0.3) is 0 Å². The van der Waals surface area contributed by atoms with E-state index in [1.165, 1.54) is 18.2 Å². The highest BCUT2D eigenvalue weighted by molar-refractivity contribution is 6.31. The van der Waals surface area contributed by atoms with Crippen LogP contribution in [0, 0.1) is 11.7 Å². The average molecular weight is 301 g/mol. The monoisotopic (exact) mass is 300 g/mol. The second-order valence-corrected chi connectivity index (χ2v) is 5.99. The number of hydrogen-bond acceptors (Lipinski definition) is 3. The maximum Gasteiger partial charge on any atom is 0.238 e. The van der Waals surface area contributed by atoms with E-state index in [9.17, 15) is 14.3 Å². The third kappa shape index (κ3) is 3.29. The lowest BCUT2D eigenvalue weighted by Crippen LogP contribution is -2.65. The Kier molecular flexibility index (Phi) is 4.32. The number of benzene rings is 1. The first-order valence-corrected chi connectivity index (χ1v) is 6.87. The molecule has 4 nitrogen and oxygen atoms in total. The van der Waals surface area contributed by atoms with Crippen LogP contribution in [0.3, 0.4) is 0 Å². The number of aliphatic hydroxyl groups is 1. The van der Waals surface area contributed by atoms with E-state index in [1.807, 2.05) is 18.7 Å². The topological polar surface area (TPSA) is 52.6 Å². The van der Waals surface area contributed by atoms with Crippen LogP contribution in [0.25, 0.3) is 0 Å². The molecular formula is C14H18ClFN2O2. The van der Waals surface area contributed by atoms with E-state index in [0.717, 1.165) is 0 Å². The van der Waals surface area contributed by atoms with E-state index in [2.05, 4.69) is 5.32 Å². The molecule has 110 valence electrons. The summed E-state index contributed by atoms with van der Waals surface area (Å²) in [4.78, 5) is 13.7. The molecule has 0 radical (unpaired) electrons. The Labute approximate surface area is 122 Å². The molecule has 2 N–H and O–H groups in total. The lowest BCUT2D eigenvalue weighted by Gasteiger charge is -2.48. The van der Waals surface area contributed by atoms with Gasteiger partial charge in [0.1, 0.15) is 5.82 Å². The highest BCUT2D eigenvalue weighted by Gasteiger charge is 2.43. The van der Waals surface area contributed by atoms with Gasteiger partial charge in [-0.05, 0) is 24.1 Å². The third-order valence-corrected chi connectivity index (χ3v) is 3.93. The third-order valence-electron chi connectivity index (χ3n) is 3.64. The zero-order chi connectivity index (χ0) is 14.9. The van der Waals surface area contributed by atoms with Crippen molar-refractivity contribution in [3.63, 3.8) is 0 Å². The van der Waals surface area contributed by atoms with Crippen molar-refractivity contribution >= 4 is 23.2 Å². The zero-order valence-electron chi connectivity index (χ0n) is 11.5. The number of amides is 1. The average Bonchev–Trinajstić information content (AvgIpc) is 2.31. The Balaban J connectivity index is 1.84. The van der Waals surface area contributed by atoms with Crippen molar-refractivity contribution in [1.82, 2.24) is 4.90 Å². The summed E-state index contributed by atoms with van der Waals surface area (Å²) < 4.78 is 13.0. The highest BCUT2D eigenvalue weighted by atomic mass is 35.5. The van der Waals surface area contributed by atoms with Crippen molar-refractivity contribution in [3.05, 3.63) is 29.0 Å². The molecule has 1 aromatic rings. The van der Waals surface area contributed by atoms with E-state index in [1.54, 1.807) is 0 Å². The Bertz CT molecular complexity index is 516. The van der Waals surface area contributed by atoms with Crippen LogP contribution in [-0.2, 0) is 4.79 Å². The van der Waals surface area contributed by atoms with Crippen molar-refractivity contribution in [2.24, 2.45) is 5.92 Å². The van der Waals surface area contributed by atoms with Crippen LogP contribution in [0.5, 0.6) is 0 Å². The number of nitrogens with zero attached hydrogens (tertiary/aromatic N) is 1. The number of nitrogens with one attached hydrogen (secondary N) is 1. The number of carbonyl (C=O) groups excluding carboxylic acids is 1. The van der Waals surface area contributed by atoms with Crippen LogP contribution >= 0.6 is 11.6 Å². The van der Waals surface area contributed by atoms with Gasteiger partial charge in [0.05, 0.1) is 17.2 Å². The van der Waals surface area contributed by atoms with Crippen LogP contribution in [0.1, 0.15) is 13.8 Å². The Morgan fingerprint density at radius 2 is 2.20 bits per heavy atom. The fourth-order valence-electron chi connectivity index (χ4n) is 2.18. The Morgan fingerprint density at radius 3 is 2.75 bits per heavy atom. The van der Waals surface area contributed by atoms with Crippen molar-refractivity contribution in [2.75, 3.05) is 25.0 Å². The standard InChI is InChI=1S/C14H18ClFN2O2/c1-9(2)14(20)7-18(8-14)6-13(19)17-10-3-4-12(16)11(15)5-10/h3-5,9,20H,6-8H2,1-2H3,(H,17,19). The number of halogens is 2. The van der Waals surface area contributed by atoms with E-state index in [0.29, 0.717) is 18.8 Å². The molecule has 1 heterocycles. The molecule has 20 heavy (non-hydrogen) atoms. The van der Waals surface area contributed by atoms with Crippen LogP contribution in [-0.4, -0.2) is 41.1 Å². The van der Waals surface area contributed by atoms with Crippen LogP contribution < -0.4 is 5.32 Å². The lowest BCUT2D eigenvalue weighted by atomic mass is 9.83. The second kappa shape index (κ2) is 5.68. The molecule has 0 atom stereocenters. The molecule has 6 heteroatoms. The molecule has 1 amide bonds. The number of carbonyl (C=O) groups is 1. The van der Waals surface area contributed by atoms with E-state index in [-0.39, 0.29) is 23.4 Å². The normalized spacial score (nSPS) is 17.9. The minimum atomic E-state index is -0.695. The van der Waals surface area contributed by atoms with Gasteiger partial charge >= 0.3 is 0 Å². The SMILES string of the molecule is CC(C)C1(O)CN(CC(=O)Nc2ccc(F)c(Cl)c2)C1. The summed E-state index contributed by atoms with van der Waals surface area (Å²) in [6, 6.07) is 4.04. The van der Waals surface area contributed by atoms with Gasteiger partial charge in [-0.2, -0.15) is 0 Å². The summed E-state index contributed by atoms with van der Waals surface area (Å²) in [5, 5.41) is 12.7. The molecule has 0 spiro atoms. The van der Waals surface area contributed by atoms with E-state index in [4.69, 9.17) is 11.6 Å². The molecular weight excluding hydrogens is 283 g/mol. The Hall–Kier alpha value is -1.17. The predicted molar refractivity (Wildman–Crippen MR) is 76.3 cm³/mol. The van der Waals surface area contributed by atoms with E-state index < -0.39 is 11.4 Å². The minimum absolute atomic E-state index is 0.0269. The summed E-state index contributed by atoms with van der Waals surface area (Å²) >= 11 is 5.64. The van der Waals surface area contributed by atoms with Gasteiger partial charge in [0, 0.05) is 18.8 Å². The van der Waals surface area contributed by atoms with E-state index >= 15 is 0 Å². The molecule has 1 fully saturated rings. The smallest absolute Gasteiger partial charge is 0.238 e. The summed E-state index contributed by atoms with van der Waals surface area (Å²) in [6.45, 7) is 5.09. The fraction of sp³-hybridized carbons (Fsp3) is 0.500. The second-order valence-electron chi connectivity index (χ2n) is 5.58. The number of anilines is 1. The minimum Gasteiger partial charge on any atom is -0.387 e. The van der Waals surface area contributed by atoms with Crippen LogP contribution in [0.4, 0.5) is 10.1 Å². The van der Waals surface area contributed by atoms with Crippen LogP contribution in [0.15, 0.2) is 18.2 Å². The molecule has 0 bridgehead atoms. The largest absolute Gasteiger partial charge is 0.387 e. The number of β-amino-alcohol motifs (C(OH)–C–C–N with tert-alkyl or cyclic N) is 1. The highest BCUT2D eigenvalue weighted by Crippen LogP contribution is 2.28. The number of likely N-dealkylation sites (tertiary alicyclic amines) is 1. The molecule has 1 aliphatic rings. The maximum absolute atomic E-state index is 13.0. The Morgan fingerprint density at radius 1 is 1.55 bits per heavy atom. The first-order chi connectivity index (χ1) is 9.30.